The second-order valence-corrected chi connectivity index (χ2v) is 15.6. The van der Waals surface area contributed by atoms with Gasteiger partial charge in [-0.1, -0.05) is 132 Å². The first-order valence-corrected chi connectivity index (χ1v) is 15.6. The molecule has 0 aromatic heterocycles. The molecule has 38 heavy (non-hydrogen) atoms. The van der Waals surface area contributed by atoms with Crippen LogP contribution >= 0.6 is 0 Å². The minimum atomic E-state index is -2.47. The van der Waals surface area contributed by atoms with Crippen LogP contribution in [0.1, 0.15) is 53.9 Å². The van der Waals surface area contributed by atoms with Crippen molar-refractivity contribution in [2.45, 2.75) is 69.9 Å². The maximum atomic E-state index is 7.14. The summed E-state index contributed by atoms with van der Waals surface area (Å²) in [5.74, 6) is 0.974. The fraction of sp³-hybridized carbons (Fsp3) is 0.406. The topological polar surface area (TPSA) is 18.5 Å². The summed E-state index contributed by atoms with van der Waals surface area (Å²) >= 11 is 4.81. The summed E-state index contributed by atoms with van der Waals surface area (Å²) in [6, 6.07) is 31.4. The quantitative estimate of drug-likeness (QED) is 0.172. The number of hydrogen-bond donors (Lipinski definition) is 0. The molecular formula is C32H42CuLiO2SSi. The van der Waals surface area contributed by atoms with Gasteiger partial charge in [0.25, 0.3) is 8.32 Å². The van der Waals surface area contributed by atoms with Crippen molar-refractivity contribution in [3.63, 3.8) is 0 Å². The van der Waals surface area contributed by atoms with Crippen molar-refractivity contribution in [3.8, 4) is 0 Å². The normalized spacial score (nSPS) is 18.1. The molecular weight excluding hydrogens is 547 g/mol. The first-order valence-electron chi connectivity index (χ1n) is 13.2. The van der Waals surface area contributed by atoms with Gasteiger partial charge in [0.15, 0.2) is 0 Å². The Labute approximate surface area is 260 Å². The molecule has 1 heterocycles. The van der Waals surface area contributed by atoms with Gasteiger partial charge >= 0.3 is 17.1 Å². The van der Waals surface area contributed by atoms with Crippen molar-refractivity contribution < 1.29 is 26.2 Å². The zero-order chi connectivity index (χ0) is 26.0. The molecule has 0 spiro atoms. The summed E-state index contributed by atoms with van der Waals surface area (Å²) in [5.41, 5.74) is 0. The molecule has 204 valence electrons. The maximum absolute atomic E-state index is 7.14. The van der Waals surface area contributed by atoms with Gasteiger partial charge in [-0.15, -0.1) is 5.92 Å². The third-order valence-corrected chi connectivity index (χ3v) is 12.4. The zero-order valence-corrected chi connectivity index (χ0v) is 26.6. The first-order chi connectivity index (χ1) is 17.3. The van der Waals surface area contributed by atoms with Gasteiger partial charge in [-0.2, -0.15) is 4.90 Å². The Hall–Kier alpha value is -0.866. The molecule has 1 fully saturated rings. The molecule has 0 saturated carbocycles. The molecule has 0 unspecified atom stereocenters. The van der Waals surface area contributed by atoms with Gasteiger partial charge in [-0.25, -0.2) is 6.61 Å². The summed E-state index contributed by atoms with van der Waals surface area (Å²) in [6.45, 7) is 14.3. The van der Waals surface area contributed by atoms with Gasteiger partial charge < -0.3 is 21.8 Å². The van der Waals surface area contributed by atoms with E-state index in [9.17, 15) is 0 Å². The fourth-order valence-corrected chi connectivity index (χ4v) is 9.82. The van der Waals surface area contributed by atoms with Crippen LogP contribution in [0.15, 0.2) is 95.9 Å². The molecule has 1 saturated heterocycles. The summed E-state index contributed by atoms with van der Waals surface area (Å²) in [6.07, 6.45) is 3.68. The van der Waals surface area contributed by atoms with Crippen LogP contribution in [0.25, 0.3) is 0 Å². The second-order valence-electron chi connectivity index (χ2n) is 10.8. The van der Waals surface area contributed by atoms with Crippen LogP contribution in [0, 0.1) is 18.4 Å². The Morgan fingerprint density at radius 3 is 1.71 bits per heavy atom. The van der Waals surface area contributed by atoms with Crippen molar-refractivity contribution in [2.75, 3.05) is 6.61 Å². The number of rotatable bonds is 7. The molecule has 0 N–H and O–H groups in total. The number of hydrogen-bond acceptors (Lipinski definition) is 3. The van der Waals surface area contributed by atoms with Gasteiger partial charge in [0.2, 0.25) is 0 Å². The van der Waals surface area contributed by atoms with Crippen molar-refractivity contribution in [2.24, 2.45) is 11.8 Å². The molecule has 4 rings (SSSR count). The summed E-state index contributed by atoms with van der Waals surface area (Å²) in [7, 11) is -2.47. The Kier molecular flexibility index (Phi) is 15.8. The molecule has 1 aliphatic heterocycles. The fourth-order valence-electron chi connectivity index (χ4n) is 5.05. The van der Waals surface area contributed by atoms with Crippen LogP contribution in [0.3, 0.4) is 0 Å². The van der Waals surface area contributed by atoms with E-state index in [0.29, 0.717) is 11.8 Å². The van der Waals surface area contributed by atoms with Gasteiger partial charge in [-0.3, -0.25) is 0 Å². The standard InChI is InChI=1S/C26H37O2Si.C6H6S.Cu.Li/c1-6-22(25-18-17-21(2)19-27-25)20-28-29(26(3,4)5,23-13-9-7-10-14-23)24-15-11-8-12-16-24;7-6-4-2-1-3-5-6;;/h7-16,19,21-22,25H,6,17-18,20H2,1-5H3;1-5,7H;;/q-1;;+2;/p-1/t21-,22-,25+;;;/m0.../s1. The van der Waals surface area contributed by atoms with Crippen LogP contribution in [0.4, 0.5) is 0 Å². The van der Waals surface area contributed by atoms with Gasteiger partial charge in [0, 0.05) is 37.5 Å². The van der Waals surface area contributed by atoms with Gasteiger partial charge in [0.05, 0.1) is 0 Å². The molecule has 0 bridgehead atoms. The minimum Gasteiger partial charge on any atom is -0.780 e. The molecule has 2 nitrogen and oxygen atoms in total. The van der Waals surface area contributed by atoms with Crippen molar-refractivity contribution in [1.82, 2.24) is 0 Å². The van der Waals surface area contributed by atoms with E-state index >= 15 is 0 Å². The second kappa shape index (κ2) is 17.1. The van der Waals surface area contributed by atoms with E-state index in [-0.39, 0.29) is 47.1 Å². The van der Waals surface area contributed by atoms with Crippen LogP contribution < -0.4 is 10.4 Å². The first kappa shape index (κ1) is 35.2. The average Bonchev–Trinajstić information content (AvgIpc) is 2.89. The molecule has 3 aromatic rings. The summed E-state index contributed by atoms with van der Waals surface area (Å²) in [4.78, 5) is 0.905. The Morgan fingerprint density at radius 1 is 0.895 bits per heavy atom. The van der Waals surface area contributed by atoms with Gasteiger partial charge in [0.1, 0.15) is 0 Å². The molecule has 2 radical (unpaired) electrons. The van der Waals surface area contributed by atoms with E-state index < -0.39 is 8.32 Å². The summed E-state index contributed by atoms with van der Waals surface area (Å²) in [5, 5.41) is 2.71. The van der Waals surface area contributed by atoms with E-state index in [1.165, 1.54) is 16.8 Å². The smallest absolute Gasteiger partial charge is 0.780 e. The SMILES string of the molecule is CC[C@@H](CO[Si](c1ccccc1)(c1ccccc1)C(C)(C)C)[C@H]1CC[C@H](C)[CH-]O1.[Cu+2].[Li].[S-]c1ccccc1. The largest absolute Gasteiger partial charge is 2.00 e. The number of benzene rings is 3. The predicted molar refractivity (Wildman–Crippen MR) is 163 cm³/mol. The van der Waals surface area contributed by atoms with Crippen LogP contribution in [-0.4, -0.2) is 39.9 Å². The molecule has 0 amide bonds. The summed E-state index contributed by atoms with van der Waals surface area (Å²) < 4.78 is 13.3. The van der Waals surface area contributed by atoms with E-state index in [1.807, 2.05) is 36.9 Å². The molecule has 0 aliphatic carbocycles. The molecule has 3 aromatic carbocycles. The number of ether oxygens (including phenoxy) is 1. The predicted octanol–water partition coefficient (Wildman–Crippen LogP) is 6.78. The Bertz CT molecular complexity index is 970. The van der Waals surface area contributed by atoms with Crippen molar-refractivity contribution >= 4 is 50.2 Å². The Morgan fingerprint density at radius 2 is 1.37 bits per heavy atom. The Balaban J connectivity index is 0.000000697. The monoisotopic (exact) mass is 588 g/mol. The third kappa shape index (κ3) is 9.36. The maximum Gasteiger partial charge on any atom is 2.00 e. The average molecular weight is 589 g/mol. The van der Waals surface area contributed by atoms with Crippen molar-refractivity contribution in [3.05, 3.63) is 97.6 Å². The minimum absolute atomic E-state index is 0. The molecule has 3 atom stereocenters. The van der Waals surface area contributed by atoms with Gasteiger partial charge in [-0.05, 0) is 28.3 Å². The molecule has 6 heteroatoms. The zero-order valence-electron chi connectivity index (χ0n) is 23.8. The van der Waals surface area contributed by atoms with Crippen LogP contribution in [0.5, 0.6) is 0 Å². The third-order valence-electron chi connectivity index (χ3n) is 7.12. The van der Waals surface area contributed by atoms with E-state index in [4.69, 9.17) is 21.8 Å². The van der Waals surface area contributed by atoms with E-state index in [0.717, 1.165) is 24.3 Å². The van der Waals surface area contributed by atoms with Crippen LogP contribution in [0.2, 0.25) is 5.04 Å². The van der Waals surface area contributed by atoms with Crippen LogP contribution in [-0.2, 0) is 38.9 Å². The van der Waals surface area contributed by atoms with E-state index in [1.54, 1.807) is 0 Å². The molecule has 1 aliphatic rings. The van der Waals surface area contributed by atoms with E-state index in [2.05, 4.69) is 95.3 Å². The van der Waals surface area contributed by atoms with Crippen molar-refractivity contribution in [1.29, 1.82) is 0 Å².